The zero-order valence-electron chi connectivity index (χ0n) is 24.4. The Morgan fingerprint density at radius 1 is 1.14 bits per heavy atom. The number of rotatable bonds is 11. The van der Waals surface area contributed by atoms with Crippen LogP contribution < -0.4 is 14.8 Å². The van der Waals surface area contributed by atoms with Gasteiger partial charge in [-0.15, -0.1) is 0 Å². The highest BCUT2D eigenvalue weighted by atomic mass is 16.5. The number of aldehydes is 1. The number of aliphatic hydroxyl groups is 2. The van der Waals surface area contributed by atoms with Gasteiger partial charge in [0.05, 0.1) is 38.7 Å². The highest BCUT2D eigenvalue weighted by molar-refractivity contribution is 5.96. The zero-order chi connectivity index (χ0) is 29.6. The minimum Gasteiger partial charge on any atom is -0.493 e. The fourth-order valence-electron chi connectivity index (χ4n) is 9.10. The second-order valence-corrected chi connectivity index (χ2v) is 13.1. The Bertz CT molecular complexity index is 1230. The first-order chi connectivity index (χ1) is 20.3. The number of ether oxygens (including phenoxy) is 3. The third-order valence-electron chi connectivity index (χ3n) is 10.3. The summed E-state index contributed by atoms with van der Waals surface area (Å²) < 4.78 is 17.1. The van der Waals surface area contributed by atoms with E-state index in [0.717, 1.165) is 19.3 Å². The van der Waals surface area contributed by atoms with E-state index in [1.807, 2.05) is 0 Å². The van der Waals surface area contributed by atoms with Crippen LogP contribution in [0.4, 0.5) is 0 Å². The Kier molecular flexibility index (Phi) is 8.06. The summed E-state index contributed by atoms with van der Waals surface area (Å²) in [6, 6.07) is 2.42. The van der Waals surface area contributed by atoms with Gasteiger partial charge in [-0.1, -0.05) is 0 Å². The van der Waals surface area contributed by atoms with Crippen LogP contribution in [0.15, 0.2) is 23.8 Å². The molecule has 10 nitrogen and oxygen atoms in total. The molecule has 228 valence electrons. The molecule has 0 aromatic heterocycles. The Morgan fingerprint density at radius 3 is 2.43 bits per heavy atom. The van der Waals surface area contributed by atoms with E-state index in [1.165, 1.54) is 26.4 Å². The first kappa shape index (κ1) is 29.1. The van der Waals surface area contributed by atoms with E-state index in [1.54, 1.807) is 30.2 Å². The lowest BCUT2D eigenvalue weighted by atomic mass is 9.49. The first-order valence-corrected chi connectivity index (χ1v) is 15.2. The van der Waals surface area contributed by atoms with Gasteiger partial charge in [-0.2, -0.15) is 0 Å². The lowest BCUT2D eigenvalue weighted by Crippen LogP contribution is -2.60. The summed E-state index contributed by atoms with van der Waals surface area (Å²) in [5.74, 6) is 1.55. The van der Waals surface area contributed by atoms with Crippen LogP contribution in [0.5, 0.6) is 11.5 Å². The van der Waals surface area contributed by atoms with Crippen molar-refractivity contribution in [1.29, 1.82) is 0 Å². The lowest BCUT2D eigenvalue weighted by molar-refractivity contribution is -0.146. The van der Waals surface area contributed by atoms with Crippen molar-refractivity contribution in [3.05, 3.63) is 34.9 Å². The monoisotopic (exact) mass is 582 g/mol. The van der Waals surface area contributed by atoms with Crippen molar-refractivity contribution in [2.24, 2.45) is 23.2 Å². The van der Waals surface area contributed by atoms with E-state index >= 15 is 0 Å². The normalized spacial score (nSPS) is 33.7. The zero-order valence-corrected chi connectivity index (χ0v) is 24.4. The van der Waals surface area contributed by atoms with Gasteiger partial charge in [0.15, 0.2) is 11.5 Å². The van der Waals surface area contributed by atoms with Crippen LogP contribution >= 0.6 is 0 Å². The highest BCUT2D eigenvalue weighted by Gasteiger charge is 2.55. The number of fused-ring (bicyclic) bond motifs is 3. The maximum absolute atomic E-state index is 13.9. The number of aliphatic hydroxyl groups excluding tert-OH is 2. The number of nitrogens with zero attached hydrogens (tertiary/aromatic N) is 1. The average Bonchev–Trinajstić information content (AvgIpc) is 3.36. The van der Waals surface area contributed by atoms with Gasteiger partial charge in [0, 0.05) is 36.9 Å². The summed E-state index contributed by atoms with van der Waals surface area (Å²) in [5, 5.41) is 24.1. The molecule has 0 unspecified atom stereocenters. The van der Waals surface area contributed by atoms with Crippen LogP contribution in [0.25, 0.3) is 0 Å². The van der Waals surface area contributed by atoms with Crippen molar-refractivity contribution in [2.75, 3.05) is 40.5 Å². The van der Waals surface area contributed by atoms with Gasteiger partial charge in [-0.3, -0.25) is 14.4 Å². The number of amides is 2. The predicted octanol–water partition coefficient (Wildman–Crippen LogP) is 2.21. The summed E-state index contributed by atoms with van der Waals surface area (Å²) in [6.45, 7) is 0.594. The molecule has 6 aliphatic rings. The molecule has 1 aliphatic heterocycles. The van der Waals surface area contributed by atoms with Crippen LogP contribution in [0.3, 0.4) is 0 Å². The maximum atomic E-state index is 13.9. The van der Waals surface area contributed by atoms with Gasteiger partial charge in [0.2, 0.25) is 11.8 Å². The summed E-state index contributed by atoms with van der Waals surface area (Å²) in [5.41, 5.74) is 1.27. The van der Waals surface area contributed by atoms with Gasteiger partial charge in [-0.25, -0.2) is 0 Å². The molecule has 0 spiro atoms. The average molecular weight is 583 g/mol. The minimum absolute atomic E-state index is 0.00276. The maximum Gasteiger partial charge on any atom is 0.247 e. The van der Waals surface area contributed by atoms with Crippen LogP contribution in [-0.2, 0) is 14.3 Å². The fraction of sp³-hybridized carbons (Fsp3) is 0.656. The van der Waals surface area contributed by atoms with Crippen LogP contribution in [0.1, 0.15) is 66.8 Å². The molecule has 4 fully saturated rings. The van der Waals surface area contributed by atoms with Crippen molar-refractivity contribution < 1.29 is 38.8 Å². The topological polar surface area (TPSA) is 135 Å². The van der Waals surface area contributed by atoms with E-state index < -0.39 is 30.1 Å². The number of hydrogen-bond donors (Lipinski definition) is 3. The van der Waals surface area contributed by atoms with Gasteiger partial charge >= 0.3 is 0 Å². The van der Waals surface area contributed by atoms with Gasteiger partial charge in [-0.05, 0) is 79.9 Å². The molecular weight excluding hydrogens is 540 g/mol. The largest absolute Gasteiger partial charge is 0.493 e. The van der Waals surface area contributed by atoms with Crippen LogP contribution in [0, 0.1) is 23.2 Å². The predicted molar refractivity (Wildman–Crippen MR) is 152 cm³/mol. The van der Waals surface area contributed by atoms with E-state index in [9.17, 15) is 24.6 Å². The number of hydrogen-bond acceptors (Lipinski definition) is 8. The second-order valence-electron chi connectivity index (χ2n) is 13.1. The van der Waals surface area contributed by atoms with Gasteiger partial charge < -0.3 is 34.6 Å². The van der Waals surface area contributed by atoms with Gasteiger partial charge in [0.1, 0.15) is 18.5 Å². The second kappa shape index (κ2) is 11.6. The number of carbonyl (C=O) groups excluding carboxylic acids is 3. The summed E-state index contributed by atoms with van der Waals surface area (Å²) in [7, 11) is 3.03. The molecule has 0 radical (unpaired) electrons. The van der Waals surface area contributed by atoms with E-state index in [-0.39, 0.29) is 37.5 Å². The standard InChI is InChI=1S/C32H42N2O8/c1-40-6-3-26(37)34(17-32-13-18-7-19(14-32)9-20(8-18)15-32)24-12-23(31(39)33-4-5-35)27-22-10-21(16-36)11-25(41-2)29(22)42-30(27)28(24)38/h10-12,16,18-20,24,27-28,30,35,38H,3-9,13-15,17H2,1-2H3,(H,33,39)/t18?,19?,20?,24-,27+,28+,30+,32?/m1/s1. The van der Waals surface area contributed by atoms with E-state index in [0.29, 0.717) is 58.8 Å². The van der Waals surface area contributed by atoms with E-state index in [2.05, 4.69) is 5.32 Å². The van der Waals surface area contributed by atoms with Crippen molar-refractivity contribution in [1.82, 2.24) is 10.2 Å². The van der Waals surface area contributed by atoms with E-state index in [4.69, 9.17) is 14.2 Å². The Labute approximate surface area is 246 Å². The number of methoxy groups -OCH3 is 2. The van der Waals surface area contributed by atoms with Crippen molar-refractivity contribution in [3.63, 3.8) is 0 Å². The first-order valence-electron chi connectivity index (χ1n) is 15.2. The third-order valence-corrected chi connectivity index (χ3v) is 10.3. The highest BCUT2D eigenvalue weighted by Crippen LogP contribution is 2.60. The molecule has 4 atom stereocenters. The Morgan fingerprint density at radius 2 is 1.83 bits per heavy atom. The molecule has 10 heteroatoms. The SMILES string of the molecule is COCCC(=O)N(CC12CC3CC(CC(C3)C1)C2)[C@@H]1C=C(C(=O)NCCO)[C@@H]2c3cc(C=O)cc(OC)c3O[C@@H]2[C@H]1O. The third kappa shape index (κ3) is 5.11. The summed E-state index contributed by atoms with van der Waals surface area (Å²) >= 11 is 0. The molecule has 0 saturated heterocycles. The lowest BCUT2D eigenvalue weighted by Gasteiger charge is -2.58. The molecule has 7 rings (SSSR count). The molecule has 4 saturated carbocycles. The molecular formula is C32H42N2O8. The molecule has 2 amide bonds. The molecule has 5 aliphatic carbocycles. The molecule has 1 aromatic carbocycles. The van der Waals surface area contributed by atoms with Crippen LogP contribution in [-0.4, -0.2) is 92.0 Å². The molecule has 1 heterocycles. The molecule has 4 bridgehead atoms. The molecule has 3 N–H and O–H groups in total. The Balaban J connectivity index is 1.40. The molecule has 42 heavy (non-hydrogen) atoms. The summed E-state index contributed by atoms with van der Waals surface area (Å²) in [4.78, 5) is 41.0. The quantitative estimate of drug-likeness (QED) is 0.338. The molecule has 1 aromatic rings. The number of nitrogens with one attached hydrogen (secondary N) is 1. The fourth-order valence-corrected chi connectivity index (χ4v) is 9.10. The van der Waals surface area contributed by atoms with Gasteiger partial charge in [0.25, 0.3) is 0 Å². The summed E-state index contributed by atoms with van der Waals surface area (Å²) in [6.07, 6.45) is 7.65. The van der Waals surface area contributed by atoms with Crippen LogP contribution in [0.2, 0.25) is 0 Å². The number of benzene rings is 1. The van der Waals surface area contributed by atoms with Crippen molar-refractivity contribution in [2.45, 2.75) is 69.1 Å². The Hall–Kier alpha value is -2.95. The van der Waals surface area contributed by atoms with Crippen molar-refractivity contribution in [3.8, 4) is 11.5 Å². The minimum atomic E-state index is -1.14. The number of carbonyl (C=O) groups is 3. The van der Waals surface area contributed by atoms with Crippen molar-refractivity contribution >= 4 is 18.1 Å². The smallest absolute Gasteiger partial charge is 0.247 e.